The number of fused-ring (bicyclic) bond motifs is 1. The Kier molecular flexibility index (Phi) is 2.11. The van der Waals surface area contributed by atoms with Gasteiger partial charge in [-0.05, 0) is 12.1 Å². The minimum atomic E-state index is -4.55. The normalized spacial score (nSPS) is 11.9. The highest BCUT2D eigenvalue weighted by atomic mass is 19.4. The Balaban J connectivity index is 2.73. The lowest BCUT2D eigenvalue weighted by atomic mass is 10.2. The van der Waals surface area contributed by atoms with Crippen molar-refractivity contribution in [2.45, 2.75) is 6.18 Å². The molecule has 4 nitrogen and oxygen atoms in total. The number of halogens is 3. The van der Waals surface area contributed by atoms with Crippen LogP contribution in [0.5, 0.6) is 0 Å². The molecule has 0 radical (unpaired) electrons. The molecule has 0 atom stereocenters. The Morgan fingerprint density at radius 2 is 2.06 bits per heavy atom. The molecule has 0 saturated heterocycles. The zero-order chi connectivity index (χ0) is 11.9. The molecule has 16 heavy (non-hydrogen) atoms. The highest BCUT2D eigenvalue weighted by molar-refractivity contribution is 5.90. The average Bonchev–Trinajstić information content (AvgIpc) is 2.58. The average molecular weight is 230 g/mol. The van der Waals surface area contributed by atoms with E-state index in [-0.39, 0.29) is 11.0 Å². The first-order valence-corrected chi connectivity index (χ1v) is 4.19. The highest BCUT2D eigenvalue weighted by Crippen LogP contribution is 2.33. The SMILES string of the molecule is O=C(O)c1nc2c(C(F)(F)F)cccc2[nH]1. The van der Waals surface area contributed by atoms with Crippen molar-refractivity contribution in [3.05, 3.63) is 29.6 Å². The minimum absolute atomic E-state index is 0.0484. The van der Waals surface area contributed by atoms with E-state index in [9.17, 15) is 18.0 Å². The van der Waals surface area contributed by atoms with Gasteiger partial charge in [0, 0.05) is 0 Å². The number of nitrogens with one attached hydrogen (secondary N) is 1. The van der Waals surface area contributed by atoms with Crippen molar-refractivity contribution >= 4 is 17.0 Å². The zero-order valence-corrected chi connectivity index (χ0v) is 7.67. The predicted octanol–water partition coefficient (Wildman–Crippen LogP) is 2.28. The van der Waals surface area contributed by atoms with Crippen LogP contribution in [0.4, 0.5) is 13.2 Å². The maximum absolute atomic E-state index is 12.5. The number of aromatic nitrogens is 2. The number of nitrogens with zero attached hydrogens (tertiary/aromatic N) is 1. The number of carboxylic acid groups (broad SMARTS) is 1. The van der Waals surface area contributed by atoms with Gasteiger partial charge in [-0.25, -0.2) is 9.78 Å². The van der Waals surface area contributed by atoms with Crippen molar-refractivity contribution in [2.24, 2.45) is 0 Å². The summed E-state index contributed by atoms with van der Waals surface area (Å²) < 4.78 is 37.6. The van der Waals surface area contributed by atoms with Gasteiger partial charge in [0.1, 0.15) is 5.52 Å². The lowest BCUT2D eigenvalue weighted by Crippen LogP contribution is -2.05. The first-order valence-electron chi connectivity index (χ1n) is 4.19. The summed E-state index contributed by atoms with van der Waals surface area (Å²) in [4.78, 5) is 16.3. The number of hydrogen-bond acceptors (Lipinski definition) is 2. The maximum atomic E-state index is 12.5. The van der Waals surface area contributed by atoms with Gasteiger partial charge in [0.15, 0.2) is 0 Å². The van der Waals surface area contributed by atoms with Gasteiger partial charge in [0.25, 0.3) is 0 Å². The number of imidazole rings is 1. The van der Waals surface area contributed by atoms with Gasteiger partial charge < -0.3 is 10.1 Å². The molecule has 84 valence electrons. The lowest BCUT2D eigenvalue weighted by Gasteiger charge is -2.05. The fourth-order valence-corrected chi connectivity index (χ4v) is 1.36. The fourth-order valence-electron chi connectivity index (χ4n) is 1.36. The molecule has 0 aliphatic heterocycles. The Bertz CT molecular complexity index is 559. The minimum Gasteiger partial charge on any atom is -0.475 e. The smallest absolute Gasteiger partial charge is 0.418 e. The number of alkyl halides is 3. The van der Waals surface area contributed by atoms with Crippen LogP contribution in [0.1, 0.15) is 16.2 Å². The second-order valence-corrected chi connectivity index (χ2v) is 3.09. The number of aromatic amines is 1. The number of aromatic carboxylic acids is 1. The van der Waals surface area contributed by atoms with Crippen molar-refractivity contribution in [3.63, 3.8) is 0 Å². The molecule has 0 fully saturated rings. The van der Waals surface area contributed by atoms with Crippen molar-refractivity contribution in [1.82, 2.24) is 9.97 Å². The van der Waals surface area contributed by atoms with E-state index >= 15 is 0 Å². The first-order chi connectivity index (χ1) is 7.39. The number of carbonyl (C=O) groups is 1. The molecule has 1 heterocycles. The van der Waals surface area contributed by atoms with Crippen LogP contribution in [-0.2, 0) is 6.18 Å². The van der Waals surface area contributed by atoms with Crippen LogP contribution in [0.3, 0.4) is 0 Å². The van der Waals surface area contributed by atoms with Gasteiger partial charge in [-0.3, -0.25) is 0 Å². The Labute approximate surface area is 86.7 Å². The number of H-pyrrole nitrogens is 1. The molecule has 2 rings (SSSR count). The van der Waals surface area contributed by atoms with Crippen LogP contribution in [0.2, 0.25) is 0 Å². The largest absolute Gasteiger partial charge is 0.475 e. The number of benzene rings is 1. The molecule has 0 saturated carbocycles. The summed E-state index contributed by atoms with van der Waals surface area (Å²) in [6.07, 6.45) is -4.55. The lowest BCUT2D eigenvalue weighted by molar-refractivity contribution is -0.136. The van der Waals surface area contributed by atoms with Gasteiger partial charge in [-0.15, -0.1) is 0 Å². The van der Waals surface area contributed by atoms with E-state index in [0.717, 1.165) is 6.07 Å². The summed E-state index contributed by atoms with van der Waals surface area (Å²) in [5.41, 5.74) is -1.28. The molecular weight excluding hydrogens is 225 g/mol. The topological polar surface area (TPSA) is 66.0 Å². The first kappa shape index (κ1) is 10.5. The van der Waals surface area contributed by atoms with Crippen LogP contribution in [0.25, 0.3) is 11.0 Å². The number of para-hydroxylation sites is 1. The summed E-state index contributed by atoms with van der Waals surface area (Å²) in [7, 11) is 0. The van der Waals surface area contributed by atoms with E-state index in [2.05, 4.69) is 9.97 Å². The van der Waals surface area contributed by atoms with Gasteiger partial charge in [0.05, 0.1) is 11.1 Å². The van der Waals surface area contributed by atoms with Crippen molar-refractivity contribution in [1.29, 1.82) is 0 Å². The Morgan fingerprint density at radius 1 is 1.38 bits per heavy atom. The third-order valence-corrected chi connectivity index (χ3v) is 2.02. The highest BCUT2D eigenvalue weighted by Gasteiger charge is 2.33. The van der Waals surface area contributed by atoms with Gasteiger partial charge in [0.2, 0.25) is 5.82 Å². The van der Waals surface area contributed by atoms with Crippen LogP contribution in [-0.4, -0.2) is 21.0 Å². The Morgan fingerprint density at radius 3 is 2.62 bits per heavy atom. The van der Waals surface area contributed by atoms with Crippen LogP contribution in [0, 0.1) is 0 Å². The van der Waals surface area contributed by atoms with E-state index in [1.54, 1.807) is 0 Å². The van der Waals surface area contributed by atoms with E-state index in [4.69, 9.17) is 5.11 Å². The standard InChI is InChI=1S/C9H5F3N2O2/c10-9(11,12)4-2-1-3-5-6(4)14-7(13-5)8(15)16/h1-3H,(H,13,14)(H,15,16). The molecular formula is C9H5F3N2O2. The number of carboxylic acids is 1. The second kappa shape index (κ2) is 3.22. The molecule has 0 aliphatic carbocycles. The summed E-state index contributed by atoms with van der Waals surface area (Å²) in [5.74, 6) is -1.91. The zero-order valence-electron chi connectivity index (χ0n) is 7.67. The monoisotopic (exact) mass is 230 g/mol. The summed E-state index contributed by atoms with van der Waals surface area (Å²) >= 11 is 0. The third-order valence-electron chi connectivity index (χ3n) is 2.02. The fraction of sp³-hybridized carbons (Fsp3) is 0.111. The summed E-state index contributed by atoms with van der Waals surface area (Å²) in [6.45, 7) is 0. The molecule has 2 aromatic rings. The van der Waals surface area contributed by atoms with Crippen molar-refractivity contribution < 1.29 is 23.1 Å². The molecule has 0 spiro atoms. The van der Waals surface area contributed by atoms with E-state index in [0.29, 0.717) is 0 Å². The molecule has 1 aromatic carbocycles. The molecule has 7 heteroatoms. The molecule has 0 unspecified atom stereocenters. The molecule has 1 aromatic heterocycles. The predicted molar refractivity (Wildman–Crippen MR) is 48.1 cm³/mol. The second-order valence-electron chi connectivity index (χ2n) is 3.09. The number of hydrogen-bond donors (Lipinski definition) is 2. The van der Waals surface area contributed by atoms with E-state index in [1.807, 2.05) is 0 Å². The van der Waals surface area contributed by atoms with Crippen LogP contribution >= 0.6 is 0 Å². The molecule has 0 amide bonds. The Hall–Kier alpha value is -2.05. The van der Waals surface area contributed by atoms with Gasteiger partial charge in [-0.1, -0.05) is 6.07 Å². The molecule has 2 N–H and O–H groups in total. The maximum Gasteiger partial charge on any atom is 0.418 e. The van der Waals surface area contributed by atoms with E-state index < -0.39 is 23.5 Å². The molecule has 0 aliphatic rings. The quantitative estimate of drug-likeness (QED) is 0.789. The summed E-state index contributed by atoms with van der Waals surface area (Å²) in [5, 5.41) is 8.60. The number of rotatable bonds is 1. The van der Waals surface area contributed by atoms with E-state index in [1.165, 1.54) is 12.1 Å². The summed E-state index contributed by atoms with van der Waals surface area (Å²) in [6, 6.07) is 3.38. The van der Waals surface area contributed by atoms with Gasteiger partial charge in [-0.2, -0.15) is 13.2 Å². The third kappa shape index (κ3) is 1.60. The van der Waals surface area contributed by atoms with Crippen molar-refractivity contribution in [2.75, 3.05) is 0 Å². The van der Waals surface area contributed by atoms with Crippen LogP contribution < -0.4 is 0 Å². The molecule has 0 bridgehead atoms. The van der Waals surface area contributed by atoms with Gasteiger partial charge >= 0.3 is 12.1 Å². The van der Waals surface area contributed by atoms with Crippen LogP contribution in [0.15, 0.2) is 18.2 Å². The van der Waals surface area contributed by atoms with Crippen molar-refractivity contribution in [3.8, 4) is 0 Å².